The first-order valence-corrected chi connectivity index (χ1v) is 15.0. The molecule has 3 saturated heterocycles. The van der Waals surface area contributed by atoms with Crippen molar-refractivity contribution < 1.29 is 9.53 Å². The summed E-state index contributed by atoms with van der Waals surface area (Å²) in [6, 6.07) is 10.4. The van der Waals surface area contributed by atoms with Gasteiger partial charge in [0.05, 0.1) is 11.8 Å². The molecule has 0 amide bonds. The van der Waals surface area contributed by atoms with Crippen LogP contribution in [0.4, 0.5) is 0 Å². The van der Waals surface area contributed by atoms with Crippen molar-refractivity contribution in [1.82, 2.24) is 15.1 Å². The maximum absolute atomic E-state index is 13.2. The van der Waals surface area contributed by atoms with Crippen molar-refractivity contribution in [3.8, 4) is 16.9 Å². The van der Waals surface area contributed by atoms with E-state index in [2.05, 4.69) is 53.2 Å². The lowest BCUT2D eigenvalue weighted by molar-refractivity contribution is 0.0211. The summed E-state index contributed by atoms with van der Waals surface area (Å²) in [5.41, 5.74) is 3.63. The Labute approximate surface area is 223 Å². The molecule has 200 valence electrons. The van der Waals surface area contributed by atoms with E-state index in [1.165, 1.54) is 51.7 Å². The van der Waals surface area contributed by atoms with E-state index in [1.54, 1.807) is 0 Å². The first kappa shape index (κ1) is 26.3. The van der Waals surface area contributed by atoms with Gasteiger partial charge in [-0.25, -0.2) is 0 Å². The first-order valence-electron chi connectivity index (χ1n) is 15.0. The fourth-order valence-electron chi connectivity index (χ4n) is 6.78. The first-order chi connectivity index (χ1) is 18.1. The highest BCUT2D eigenvalue weighted by Gasteiger charge is 2.36. The zero-order valence-corrected chi connectivity index (χ0v) is 23.0. The van der Waals surface area contributed by atoms with Gasteiger partial charge in [-0.15, -0.1) is 5.10 Å². The molecule has 2 aromatic rings. The Bertz CT molecular complexity index is 1020. The van der Waals surface area contributed by atoms with Gasteiger partial charge in [-0.3, -0.25) is 4.79 Å². The Morgan fingerprint density at radius 3 is 2.49 bits per heavy atom. The Hall–Kier alpha value is -2.27. The molecule has 6 rings (SSSR count). The summed E-state index contributed by atoms with van der Waals surface area (Å²) in [6.45, 7) is 8.30. The molecular formula is C32H45N3O2. The molecule has 0 radical (unpaired) electrons. The number of carbonyl (C=O) groups is 1. The van der Waals surface area contributed by atoms with E-state index in [0.717, 1.165) is 72.9 Å². The fourth-order valence-corrected chi connectivity index (χ4v) is 6.78. The molecule has 1 aromatic heterocycles. The van der Waals surface area contributed by atoms with E-state index >= 15 is 0 Å². The number of aryl methyl sites for hydroxylation is 1. The van der Waals surface area contributed by atoms with Crippen LogP contribution in [0.15, 0.2) is 30.3 Å². The summed E-state index contributed by atoms with van der Waals surface area (Å²) >= 11 is 0. The van der Waals surface area contributed by atoms with E-state index in [0.29, 0.717) is 24.1 Å². The normalized spacial score (nSPS) is 24.6. The number of aromatic nitrogens is 2. The molecule has 2 atom stereocenters. The van der Waals surface area contributed by atoms with Crippen LogP contribution >= 0.6 is 0 Å². The zero-order valence-electron chi connectivity index (χ0n) is 23.0. The SMILES string of the molecule is CCCCc1nnc(C(=O)CCC(C)C2CN3CCC2CC3)cc1-c1ccc(OC2CCCCC2)cc1. The number of rotatable bonds is 11. The van der Waals surface area contributed by atoms with Crippen molar-refractivity contribution in [3.63, 3.8) is 0 Å². The molecule has 2 bridgehead atoms. The van der Waals surface area contributed by atoms with Crippen molar-refractivity contribution in [3.05, 3.63) is 41.7 Å². The third-order valence-electron chi connectivity index (χ3n) is 9.21. The Morgan fingerprint density at radius 1 is 1.05 bits per heavy atom. The van der Waals surface area contributed by atoms with Crippen LogP contribution in [0.25, 0.3) is 11.1 Å². The van der Waals surface area contributed by atoms with Crippen molar-refractivity contribution in [2.45, 2.75) is 97.0 Å². The molecule has 5 nitrogen and oxygen atoms in total. The van der Waals surface area contributed by atoms with Gasteiger partial charge < -0.3 is 9.64 Å². The number of hydrogen-bond donors (Lipinski definition) is 0. The number of piperidine rings is 3. The maximum atomic E-state index is 13.2. The summed E-state index contributed by atoms with van der Waals surface area (Å²) < 4.78 is 6.24. The van der Waals surface area contributed by atoms with E-state index in [4.69, 9.17) is 4.74 Å². The van der Waals surface area contributed by atoms with Gasteiger partial charge in [-0.1, -0.05) is 38.8 Å². The third kappa shape index (κ3) is 6.60. The van der Waals surface area contributed by atoms with Crippen LogP contribution in [-0.4, -0.2) is 46.6 Å². The molecule has 3 aliphatic heterocycles. The highest BCUT2D eigenvalue weighted by atomic mass is 16.5. The fraction of sp³-hybridized carbons (Fsp3) is 0.656. The van der Waals surface area contributed by atoms with Crippen LogP contribution in [0, 0.1) is 17.8 Å². The quantitative estimate of drug-likeness (QED) is 0.305. The molecule has 1 aromatic carbocycles. The number of ether oxygens (including phenoxy) is 1. The molecule has 37 heavy (non-hydrogen) atoms. The van der Waals surface area contributed by atoms with Gasteiger partial charge in [0, 0.05) is 18.5 Å². The molecule has 0 spiro atoms. The number of hydrogen-bond acceptors (Lipinski definition) is 5. The molecule has 4 heterocycles. The largest absolute Gasteiger partial charge is 0.490 e. The lowest BCUT2D eigenvalue weighted by Crippen LogP contribution is -2.49. The average molecular weight is 504 g/mol. The summed E-state index contributed by atoms with van der Waals surface area (Å²) in [4.78, 5) is 15.9. The number of carbonyl (C=O) groups excluding carboxylic acids is 1. The van der Waals surface area contributed by atoms with Crippen molar-refractivity contribution in [2.75, 3.05) is 19.6 Å². The lowest BCUT2D eigenvalue weighted by atomic mass is 9.72. The maximum Gasteiger partial charge on any atom is 0.183 e. The summed E-state index contributed by atoms with van der Waals surface area (Å²) in [6.07, 6.45) is 13.7. The predicted octanol–water partition coefficient (Wildman–Crippen LogP) is 7.14. The topological polar surface area (TPSA) is 55.3 Å². The molecule has 0 N–H and O–H groups in total. The molecule has 4 aliphatic rings. The molecule has 1 saturated carbocycles. The van der Waals surface area contributed by atoms with Gasteiger partial charge in [0.2, 0.25) is 0 Å². The van der Waals surface area contributed by atoms with E-state index in [-0.39, 0.29) is 5.78 Å². The Balaban J connectivity index is 1.26. The second kappa shape index (κ2) is 12.5. The molecular weight excluding hydrogens is 458 g/mol. The van der Waals surface area contributed by atoms with Crippen LogP contribution < -0.4 is 4.74 Å². The third-order valence-corrected chi connectivity index (χ3v) is 9.21. The number of nitrogens with zero attached hydrogens (tertiary/aromatic N) is 3. The van der Waals surface area contributed by atoms with Crippen molar-refractivity contribution >= 4 is 5.78 Å². The number of fused-ring (bicyclic) bond motifs is 3. The van der Waals surface area contributed by atoms with Gasteiger partial charge in [-0.05, 0) is 112 Å². The predicted molar refractivity (Wildman–Crippen MR) is 149 cm³/mol. The number of unbranched alkanes of at least 4 members (excludes halogenated alkanes) is 1. The van der Waals surface area contributed by atoms with E-state index in [9.17, 15) is 4.79 Å². The monoisotopic (exact) mass is 503 g/mol. The lowest BCUT2D eigenvalue weighted by Gasteiger charge is -2.47. The smallest absolute Gasteiger partial charge is 0.183 e. The van der Waals surface area contributed by atoms with Crippen LogP contribution in [0.2, 0.25) is 0 Å². The van der Waals surface area contributed by atoms with Gasteiger partial charge in [0.15, 0.2) is 5.78 Å². The molecule has 5 heteroatoms. The average Bonchev–Trinajstić information content (AvgIpc) is 2.96. The Kier molecular flexibility index (Phi) is 8.91. The second-order valence-corrected chi connectivity index (χ2v) is 11.8. The standard InChI is InChI=1S/C32H45N3O2/c1-3-4-10-30-28(24-12-14-27(15-13-24)37-26-8-6-5-7-9-26)21-31(34-33-30)32(36)16-11-23(2)29-22-35-19-17-25(29)18-20-35/h12-15,21,23,25-26,29H,3-11,16-20,22H2,1-2H3. The van der Waals surface area contributed by atoms with Crippen molar-refractivity contribution in [2.24, 2.45) is 17.8 Å². The minimum Gasteiger partial charge on any atom is -0.490 e. The summed E-state index contributed by atoms with van der Waals surface area (Å²) in [5, 5.41) is 8.98. The second-order valence-electron chi connectivity index (χ2n) is 11.8. The molecule has 1 aliphatic carbocycles. The molecule has 4 fully saturated rings. The van der Waals surface area contributed by atoms with Gasteiger partial charge in [0.1, 0.15) is 11.4 Å². The van der Waals surface area contributed by atoms with Crippen LogP contribution in [0.5, 0.6) is 5.75 Å². The van der Waals surface area contributed by atoms with E-state index < -0.39 is 0 Å². The van der Waals surface area contributed by atoms with Gasteiger partial charge in [-0.2, -0.15) is 5.10 Å². The summed E-state index contributed by atoms with van der Waals surface area (Å²) in [7, 11) is 0. The van der Waals surface area contributed by atoms with Gasteiger partial charge >= 0.3 is 0 Å². The number of benzene rings is 1. The van der Waals surface area contributed by atoms with E-state index in [1.807, 2.05) is 6.07 Å². The Morgan fingerprint density at radius 2 is 1.81 bits per heavy atom. The highest BCUT2D eigenvalue weighted by molar-refractivity contribution is 5.95. The van der Waals surface area contributed by atoms with Crippen molar-refractivity contribution in [1.29, 1.82) is 0 Å². The number of ketones is 1. The minimum atomic E-state index is 0.126. The van der Waals surface area contributed by atoms with Gasteiger partial charge in [0.25, 0.3) is 0 Å². The van der Waals surface area contributed by atoms with Crippen LogP contribution in [-0.2, 0) is 6.42 Å². The van der Waals surface area contributed by atoms with Crippen LogP contribution in [0.1, 0.15) is 101 Å². The number of Topliss-reactive ketones (excluding diaryl/α,β-unsaturated/α-hetero) is 1. The zero-order chi connectivity index (χ0) is 25.6. The van der Waals surface area contributed by atoms with Crippen LogP contribution in [0.3, 0.4) is 0 Å². The highest BCUT2D eigenvalue weighted by Crippen LogP contribution is 2.38. The summed E-state index contributed by atoms with van der Waals surface area (Å²) in [5.74, 6) is 3.23. The molecule has 2 unspecified atom stereocenters. The minimum absolute atomic E-state index is 0.126.